The Morgan fingerprint density at radius 3 is 2.67 bits per heavy atom. The zero-order valence-corrected chi connectivity index (χ0v) is 15.4. The second-order valence-electron chi connectivity index (χ2n) is 6.33. The Hall–Kier alpha value is -1.89. The molecule has 1 aromatic rings. The lowest BCUT2D eigenvalue weighted by atomic mass is 10.0. The molecule has 0 bridgehead atoms. The Bertz CT molecular complexity index is 653. The first-order valence-electron chi connectivity index (χ1n) is 8.12. The summed E-state index contributed by atoms with van der Waals surface area (Å²) < 4.78 is 5.22. The molecule has 0 unspecified atom stereocenters. The zero-order valence-electron chi connectivity index (χ0n) is 14.6. The Balaban J connectivity index is 2.02. The molecule has 1 atom stereocenters. The molecule has 2 amide bonds. The minimum absolute atomic E-state index is 0.166. The van der Waals surface area contributed by atoms with Crippen LogP contribution in [0.4, 0.5) is 5.00 Å². The van der Waals surface area contributed by atoms with Gasteiger partial charge in [-0.3, -0.25) is 9.59 Å². The number of thiophene rings is 1. The summed E-state index contributed by atoms with van der Waals surface area (Å²) >= 11 is 1.33. The number of amides is 2. The lowest BCUT2D eigenvalue weighted by Gasteiger charge is -2.30. The number of carbonyl (C=O) groups excluding carboxylic acids is 3. The minimum Gasteiger partial charge on any atom is -0.452 e. The van der Waals surface area contributed by atoms with Crippen LogP contribution in [0.1, 0.15) is 47.5 Å². The number of carbonyl (C=O) groups is 3. The fourth-order valence-electron chi connectivity index (χ4n) is 2.83. The molecule has 1 aliphatic rings. The van der Waals surface area contributed by atoms with Crippen molar-refractivity contribution in [3.8, 4) is 0 Å². The molecule has 7 heteroatoms. The van der Waals surface area contributed by atoms with Gasteiger partial charge in [-0.15, -0.1) is 11.3 Å². The van der Waals surface area contributed by atoms with Crippen molar-refractivity contribution in [3.63, 3.8) is 0 Å². The average Bonchev–Trinajstić information content (AvgIpc) is 2.78. The van der Waals surface area contributed by atoms with Crippen LogP contribution in [0.2, 0.25) is 0 Å². The Labute approximate surface area is 146 Å². The summed E-state index contributed by atoms with van der Waals surface area (Å²) in [6, 6.07) is 0. The number of piperidine rings is 1. The third kappa shape index (κ3) is 4.35. The Morgan fingerprint density at radius 1 is 1.33 bits per heavy atom. The van der Waals surface area contributed by atoms with E-state index in [4.69, 9.17) is 4.74 Å². The van der Waals surface area contributed by atoms with Gasteiger partial charge in [-0.1, -0.05) is 6.92 Å². The molecule has 0 radical (unpaired) electrons. The maximum absolute atomic E-state index is 12.4. The molecule has 1 N–H and O–H groups in total. The lowest BCUT2D eigenvalue weighted by molar-refractivity contribution is -0.136. The fraction of sp³-hybridized carbons (Fsp3) is 0.588. The SMILES string of the molecule is CC(=O)Nc1sc(C)c(C)c1C(=O)OCC(=O)N1CCC[C@H](C)C1. The molecule has 6 nitrogen and oxygen atoms in total. The molecule has 0 spiro atoms. The van der Waals surface area contributed by atoms with Gasteiger partial charge in [0.2, 0.25) is 5.91 Å². The standard InChI is InChI=1S/C17H24N2O4S/c1-10-6-5-7-19(8-10)14(21)9-23-17(22)15-11(2)12(3)24-16(15)18-13(4)20/h10H,5-9H2,1-4H3,(H,18,20)/t10-/m0/s1. The molecule has 2 rings (SSSR count). The number of nitrogens with one attached hydrogen (secondary N) is 1. The summed E-state index contributed by atoms with van der Waals surface area (Å²) in [5.41, 5.74) is 1.11. The van der Waals surface area contributed by atoms with Gasteiger partial charge in [0.05, 0.1) is 5.56 Å². The van der Waals surface area contributed by atoms with Crippen molar-refractivity contribution < 1.29 is 19.1 Å². The highest BCUT2D eigenvalue weighted by molar-refractivity contribution is 7.16. The highest BCUT2D eigenvalue weighted by Gasteiger charge is 2.25. The summed E-state index contributed by atoms with van der Waals surface area (Å²) in [6.07, 6.45) is 2.10. The van der Waals surface area contributed by atoms with E-state index < -0.39 is 5.97 Å². The molecular weight excluding hydrogens is 328 g/mol. The summed E-state index contributed by atoms with van der Waals surface area (Å²) in [5, 5.41) is 3.13. The van der Waals surface area contributed by atoms with E-state index in [1.807, 2.05) is 13.8 Å². The van der Waals surface area contributed by atoms with Crippen LogP contribution < -0.4 is 5.32 Å². The Kier molecular flexibility index (Phi) is 5.99. The number of anilines is 1. The topological polar surface area (TPSA) is 75.7 Å². The molecule has 132 valence electrons. The number of nitrogens with zero attached hydrogens (tertiary/aromatic N) is 1. The highest BCUT2D eigenvalue weighted by atomic mass is 32.1. The van der Waals surface area contributed by atoms with Crippen LogP contribution in [0, 0.1) is 19.8 Å². The van der Waals surface area contributed by atoms with Crippen molar-refractivity contribution >= 4 is 34.1 Å². The summed E-state index contributed by atoms with van der Waals surface area (Å²) in [6.45, 7) is 8.35. The van der Waals surface area contributed by atoms with Crippen molar-refractivity contribution in [2.24, 2.45) is 5.92 Å². The van der Waals surface area contributed by atoms with E-state index in [1.165, 1.54) is 18.3 Å². The predicted molar refractivity (Wildman–Crippen MR) is 93.4 cm³/mol. The van der Waals surface area contributed by atoms with Gasteiger partial charge < -0.3 is 15.0 Å². The smallest absolute Gasteiger partial charge is 0.341 e. The van der Waals surface area contributed by atoms with Gasteiger partial charge in [0, 0.05) is 24.9 Å². The van der Waals surface area contributed by atoms with Gasteiger partial charge in [-0.25, -0.2) is 4.79 Å². The van der Waals surface area contributed by atoms with E-state index in [-0.39, 0.29) is 18.4 Å². The summed E-state index contributed by atoms with van der Waals surface area (Å²) in [5.74, 6) is -0.505. The van der Waals surface area contributed by atoms with E-state index >= 15 is 0 Å². The monoisotopic (exact) mass is 352 g/mol. The number of rotatable bonds is 4. The Morgan fingerprint density at radius 2 is 2.04 bits per heavy atom. The van der Waals surface area contributed by atoms with E-state index in [0.29, 0.717) is 29.6 Å². The first-order chi connectivity index (χ1) is 11.3. The minimum atomic E-state index is -0.570. The second-order valence-corrected chi connectivity index (χ2v) is 7.56. The molecular formula is C17H24N2O4S. The molecule has 0 aromatic carbocycles. The summed E-state index contributed by atoms with van der Waals surface area (Å²) in [7, 11) is 0. The van der Waals surface area contributed by atoms with Gasteiger partial charge >= 0.3 is 5.97 Å². The van der Waals surface area contributed by atoms with E-state index in [9.17, 15) is 14.4 Å². The van der Waals surface area contributed by atoms with Crippen molar-refractivity contribution in [3.05, 3.63) is 16.0 Å². The van der Waals surface area contributed by atoms with E-state index in [1.54, 1.807) is 4.90 Å². The van der Waals surface area contributed by atoms with Crippen LogP contribution in [-0.4, -0.2) is 42.4 Å². The normalized spacial score (nSPS) is 17.5. The third-order valence-corrected chi connectivity index (χ3v) is 5.34. The fourth-order valence-corrected chi connectivity index (χ4v) is 3.92. The van der Waals surface area contributed by atoms with Crippen molar-refractivity contribution in [2.75, 3.05) is 25.0 Å². The zero-order chi connectivity index (χ0) is 17.9. The molecule has 1 fully saturated rings. The van der Waals surface area contributed by atoms with Gasteiger partial charge in [0.25, 0.3) is 5.91 Å². The maximum atomic E-state index is 12.4. The highest BCUT2D eigenvalue weighted by Crippen LogP contribution is 2.33. The number of hydrogen-bond acceptors (Lipinski definition) is 5. The van der Waals surface area contributed by atoms with Crippen LogP contribution in [-0.2, 0) is 14.3 Å². The van der Waals surface area contributed by atoms with Crippen LogP contribution in [0.15, 0.2) is 0 Å². The van der Waals surface area contributed by atoms with Gasteiger partial charge in [-0.05, 0) is 38.2 Å². The van der Waals surface area contributed by atoms with Crippen LogP contribution in [0.3, 0.4) is 0 Å². The van der Waals surface area contributed by atoms with Crippen LogP contribution in [0.5, 0.6) is 0 Å². The molecule has 24 heavy (non-hydrogen) atoms. The number of likely N-dealkylation sites (tertiary alicyclic amines) is 1. The number of esters is 1. The quantitative estimate of drug-likeness (QED) is 0.846. The molecule has 0 aliphatic carbocycles. The number of aryl methyl sites for hydroxylation is 1. The summed E-state index contributed by atoms with van der Waals surface area (Å²) in [4.78, 5) is 38.6. The maximum Gasteiger partial charge on any atom is 0.341 e. The van der Waals surface area contributed by atoms with Crippen LogP contribution in [0.25, 0.3) is 0 Å². The van der Waals surface area contributed by atoms with Crippen molar-refractivity contribution in [1.82, 2.24) is 4.90 Å². The molecule has 2 heterocycles. The average molecular weight is 352 g/mol. The second kappa shape index (κ2) is 7.79. The predicted octanol–water partition coefficient (Wildman–Crippen LogP) is 2.74. The number of hydrogen-bond donors (Lipinski definition) is 1. The van der Waals surface area contributed by atoms with Gasteiger partial charge in [0.15, 0.2) is 6.61 Å². The molecule has 1 aromatic heterocycles. The van der Waals surface area contributed by atoms with E-state index in [0.717, 1.165) is 23.3 Å². The lowest BCUT2D eigenvalue weighted by Crippen LogP contribution is -2.41. The largest absolute Gasteiger partial charge is 0.452 e. The third-order valence-electron chi connectivity index (χ3n) is 4.22. The first kappa shape index (κ1) is 18.4. The van der Waals surface area contributed by atoms with Gasteiger partial charge in [-0.2, -0.15) is 0 Å². The molecule has 1 saturated heterocycles. The van der Waals surface area contributed by atoms with Crippen LogP contribution >= 0.6 is 11.3 Å². The molecule has 1 aliphatic heterocycles. The van der Waals surface area contributed by atoms with E-state index in [2.05, 4.69) is 12.2 Å². The molecule has 0 saturated carbocycles. The first-order valence-corrected chi connectivity index (χ1v) is 8.93. The number of ether oxygens (including phenoxy) is 1. The van der Waals surface area contributed by atoms with Gasteiger partial charge in [0.1, 0.15) is 5.00 Å². The van der Waals surface area contributed by atoms with Crippen molar-refractivity contribution in [1.29, 1.82) is 0 Å². The van der Waals surface area contributed by atoms with Crippen molar-refractivity contribution in [2.45, 2.75) is 40.5 Å².